The van der Waals surface area contributed by atoms with Crippen molar-refractivity contribution in [3.05, 3.63) is 23.3 Å². The third kappa shape index (κ3) is 5.05. The van der Waals surface area contributed by atoms with Crippen molar-refractivity contribution in [3.8, 4) is 6.07 Å². The first-order valence-electron chi connectivity index (χ1n) is 8.18. The predicted molar refractivity (Wildman–Crippen MR) is 92.1 cm³/mol. The summed E-state index contributed by atoms with van der Waals surface area (Å²) in [5, 5.41) is 12.1. The zero-order chi connectivity index (χ0) is 18.8. The molecule has 1 aliphatic rings. The van der Waals surface area contributed by atoms with E-state index >= 15 is 0 Å². The van der Waals surface area contributed by atoms with Crippen LogP contribution in [0.5, 0.6) is 0 Å². The number of ether oxygens (including phenoxy) is 1. The van der Waals surface area contributed by atoms with Crippen molar-refractivity contribution in [2.75, 3.05) is 23.3 Å². The van der Waals surface area contributed by atoms with Gasteiger partial charge in [-0.1, -0.05) is 0 Å². The van der Waals surface area contributed by atoms with E-state index in [1.807, 2.05) is 0 Å². The normalized spacial score (nSPS) is 16.9. The Labute approximate surface area is 146 Å². The smallest absolute Gasteiger partial charge is 0.412 e. The standard InChI is InChI=1S/C18H23F2N3O2/c1-12-9-13(22-16(24)25-17(2,3)4)10-15(14(12)11-21)23-7-5-18(19,20)6-8-23/h9-10H,5-8H2,1-4H3,(H,22,24). The lowest BCUT2D eigenvalue weighted by Crippen LogP contribution is -2.39. The van der Waals surface area contributed by atoms with E-state index in [0.717, 1.165) is 0 Å². The van der Waals surface area contributed by atoms with Crippen molar-refractivity contribution in [1.29, 1.82) is 5.26 Å². The maximum atomic E-state index is 13.4. The Balaban J connectivity index is 2.26. The number of rotatable bonds is 2. The summed E-state index contributed by atoms with van der Waals surface area (Å²) in [6.07, 6.45) is -1.10. The highest BCUT2D eigenvalue weighted by Gasteiger charge is 2.34. The van der Waals surface area contributed by atoms with Gasteiger partial charge in [-0.05, 0) is 45.4 Å². The van der Waals surface area contributed by atoms with Crippen LogP contribution in [0.1, 0.15) is 44.7 Å². The van der Waals surface area contributed by atoms with Crippen LogP contribution in [0.3, 0.4) is 0 Å². The first-order valence-corrected chi connectivity index (χ1v) is 8.18. The number of aryl methyl sites for hydroxylation is 1. The molecule has 5 nitrogen and oxygen atoms in total. The van der Waals surface area contributed by atoms with E-state index < -0.39 is 17.6 Å². The molecule has 1 aromatic rings. The highest BCUT2D eigenvalue weighted by Crippen LogP contribution is 2.34. The van der Waals surface area contributed by atoms with Crippen LogP contribution in [-0.4, -0.2) is 30.7 Å². The largest absolute Gasteiger partial charge is 0.444 e. The third-order valence-corrected chi connectivity index (χ3v) is 3.91. The topological polar surface area (TPSA) is 65.4 Å². The van der Waals surface area contributed by atoms with Crippen LogP contribution in [0.2, 0.25) is 0 Å². The van der Waals surface area contributed by atoms with Crippen molar-refractivity contribution >= 4 is 17.5 Å². The molecule has 136 valence electrons. The Kier molecular flexibility index (Phi) is 5.21. The molecular weight excluding hydrogens is 328 g/mol. The van der Waals surface area contributed by atoms with Gasteiger partial charge in [0, 0.05) is 31.6 Å². The molecule has 1 N–H and O–H groups in total. The zero-order valence-electron chi connectivity index (χ0n) is 14.9. The summed E-state index contributed by atoms with van der Waals surface area (Å²) in [5.41, 5.74) is 1.50. The molecule has 0 spiro atoms. The molecule has 0 aromatic heterocycles. The van der Waals surface area contributed by atoms with Crippen LogP contribution in [0, 0.1) is 18.3 Å². The van der Waals surface area contributed by atoms with E-state index in [1.165, 1.54) is 0 Å². The summed E-state index contributed by atoms with van der Waals surface area (Å²) in [6.45, 7) is 7.36. The zero-order valence-corrected chi connectivity index (χ0v) is 14.9. The number of halogens is 2. The number of carbonyl (C=O) groups is 1. The molecule has 2 rings (SSSR count). The molecule has 1 fully saturated rings. The Bertz CT molecular complexity index is 695. The van der Waals surface area contributed by atoms with E-state index in [1.54, 1.807) is 44.7 Å². The summed E-state index contributed by atoms with van der Waals surface area (Å²) in [6, 6.07) is 5.44. The highest BCUT2D eigenvalue weighted by molar-refractivity contribution is 5.86. The fourth-order valence-electron chi connectivity index (χ4n) is 2.73. The molecular formula is C18H23F2N3O2. The summed E-state index contributed by atoms with van der Waals surface area (Å²) < 4.78 is 32.0. The average molecular weight is 351 g/mol. The maximum absolute atomic E-state index is 13.4. The predicted octanol–water partition coefficient (Wildman–Crippen LogP) is 4.45. The minimum atomic E-state index is -2.66. The Hall–Kier alpha value is -2.36. The van der Waals surface area contributed by atoms with Gasteiger partial charge in [0.25, 0.3) is 5.92 Å². The Morgan fingerprint density at radius 2 is 1.92 bits per heavy atom. The van der Waals surface area contributed by atoms with Crippen LogP contribution >= 0.6 is 0 Å². The molecule has 0 radical (unpaired) electrons. The molecule has 1 aromatic carbocycles. The van der Waals surface area contributed by atoms with Crippen LogP contribution < -0.4 is 10.2 Å². The SMILES string of the molecule is Cc1cc(NC(=O)OC(C)(C)C)cc(N2CCC(F)(F)CC2)c1C#N. The number of nitrogens with one attached hydrogen (secondary N) is 1. The minimum absolute atomic E-state index is 0.164. The molecule has 0 unspecified atom stereocenters. The van der Waals surface area contributed by atoms with Gasteiger partial charge in [0.1, 0.15) is 11.7 Å². The minimum Gasteiger partial charge on any atom is -0.444 e. The van der Waals surface area contributed by atoms with Crippen molar-refractivity contribution in [2.45, 2.75) is 52.1 Å². The number of piperidine rings is 1. The molecule has 1 amide bonds. The Morgan fingerprint density at radius 3 is 2.44 bits per heavy atom. The van der Waals surface area contributed by atoms with E-state index in [4.69, 9.17) is 4.74 Å². The number of amides is 1. The fraction of sp³-hybridized carbons (Fsp3) is 0.556. The molecule has 0 aliphatic carbocycles. The van der Waals surface area contributed by atoms with Crippen molar-refractivity contribution in [1.82, 2.24) is 0 Å². The quantitative estimate of drug-likeness (QED) is 0.855. The second-order valence-corrected chi connectivity index (χ2v) is 7.27. The number of nitrogens with zero attached hydrogens (tertiary/aromatic N) is 2. The van der Waals surface area contributed by atoms with Crippen molar-refractivity contribution < 1.29 is 18.3 Å². The molecule has 1 aliphatic heterocycles. The van der Waals surface area contributed by atoms with Crippen LogP contribution in [0.25, 0.3) is 0 Å². The van der Waals surface area contributed by atoms with Crippen molar-refractivity contribution in [2.24, 2.45) is 0 Å². The van der Waals surface area contributed by atoms with Crippen LogP contribution in [-0.2, 0) is 4.74 Å². The van der Waals surface area contributed by atoms with Gasteiger partial charge in [0.15, 0.2) is 0 Å². The summed E-state index contributed by atoms with van der Waals surface area (Å²) >= 11 is 0. The lowest BCUT2D eigenvalue weighted by Gasteiger charge is -2.34. The number of nitriles is 1. The fourth-order valence-corrected chi connectivity index (χ4v) is 2.73. The lowest BCUT2D eigenvalue weighted by atomic mass is 10.0. The molecule has 0 bridgehead atoms. The van der Waals surface area contributed by atoms with E-state index in [2.05, 4.69) is 11.4 Å². The number of hydrogen-bond donors (Lipinski definition) is 1. The molecule has 0 atom stereocenters. The molecule has 0 saturated carbocycles. The van der Waals surface area contributed by atoms with Gasteiger partial charge in [0.2, 0.25) is 0 Å². The number of carbonyl (C=O) groups excluding carboxylic acids is 1. The number of anilines is 2. The van der Waals surface area contributed by atoms with E-state index in [9.17, 15) is 18.8 Å². The van der Waals surface area contributed by atoms with Gasteiger partial charge in [0.05, 0.1) is 11.3 Å². The first-order chi connectivity index (χ1) is 11.5. The van der Waals surface area contributed by atoms with Gasteiger partial charge in [-0.2, -0.15) is 5.26 Å². The number of hydrogen-bond acceptors (Lipinski definition) is 4. The molecule has 25 heavy (non-hydrogen) atoms. The summed E-state index contributed by atoms with van der Waals surface area (Å²) in [4.78, 5) is 13.7. The lowest BCUT2D eigenvalue weighted by molar-refractivity contribution is -0.0220. The van der Waals surface area contributed by atoms with E-state index in [-0.39, 0.29) is 25.9 Å². The van der Waals surface area contributed by atoms with Gasteiger partial charge in [-0.25, -0.2) is 13.6 Å². The van der Waals surface area contributed by atoms with Crippen LogP contribution in [0.4, 0.5) is 25.0 Å². The van der Waals surface area contributed by atoms with Crippen molar-refractivity contribution in [3.63, 3.8) is 0 Å². The van der Waals surface area contributed by atoms with E-state index in [0.29, 0.717) is 22.5 Å². The van der Waals surface area contributed by atoms with Gasteiger partial charge < -0.3 is 9.64 Å². The monoisotopic (exact) mass is 351 g/mol. The van der Waals surface area contributed by atoms with Gasteiger partial charge in [-0.15, -0.1) is 0 Å². The van der Waals surface area contributed by atoms with Gasteiger partial charge in [-0.3, -0.25) is 5.32 Å². The average Bonchev–Trinajstić information content (AvgIpc) is 2.44. The second-order valence-electron chi connectivity index (χ2n) is 7.27. The first kappa shape index (κ1) is 19.0. The highest BCUT2D eigenvalue weighted by atomic mass is 19.3. The number of alkyl halides is 2. The Morgan fingerprint density at radius 1 is 1.32 bits per heavy atom. The molecule has 7 heteroatoms. The molecule has 1 saturated heterocycles. The summed E-state index contributed by atoms with van der Waals surface area (Å²) in [7, 11) is 0. The third-order valence-electron chi connectivity index (χ3n) is 3.91. The molecule has 1 heterocycles. The van der Waals surface area contributed by atoms with Crippen LogP contribution in [0.15, 0.2) is 12.1 Å². The summed E-state index contributed by atoms with van der Waals surface area (Å²) in [5.74, 6) is -2.66. The van der Waals surface area contributed by atoms with Gasteiger partial charge >= 0.3 is 6.09 Å². The maximum Gasteiger partial charge on any atom is 0.412 e. The second kappa shape index (κ2) is 6.87. The number of benzene rings is 1.